The molecule has 134 valence electrons. The number of amides is 1. The molecule has 1 aliphatic rings. The van der Waals surface area contributed by atoms with Crippen molar-refractivity contribution in [3.63, 3.8) is 0 Å². The van der Waals surface area contributed by atoms with Gasteiger partial charge in [-0.25, -0.2) is 4.98 Å². The second-order valence-corrected chi connectivity index (χ2v) is 7.45. The zero-order valence-corrected chi connectivity index (χ0v) is 15.2. The second-order valence-electron chi connectivity index (χ2n) is 7.01. The summed E-state index contributed by atoms with van der Waals surface area (Å²) < 4.78 is 0. The quantitative estimate of drug-likeness (QED) is 0.687. The van der Waals surface area contributed by atoms with Crippen molar-refractivity contribution in [3.8, 4) is 0 Å². The number of fused-ring (bicyclic) bond motifs is 1. The number of aromatic amines is 1. The highest BCUT2D eigenvalue weighted by Gasteiger charge is 2.25. The fourth-order valence-corrected chi connectivity index (χ4v) is 4.04. The van der Waals surface area contributed by atoms with Crippen molar-refractivity contribution in [1.29, 1.82) is 0 Å². The van der Waals surface area contributed by atoms with E-state index in [2.05, 4.69) is 26.6 Å². The summed E-state index contributed by atoms with van der Waals surface area (Å²) in [5, 5.41) is 11.8. The smallest absolute Gasteiger partial charge is 0.224 e. The largest absolute Gasteiger partial charge is 0.326 e. The molecule has 2 N–H and O–H groups in total. The van der Waals surface area contributed by atoms with E-state index in [9.17, 15) is 4.79 Å². The number of pyridine rings is 1. The molecule has 2 aromatic heterocycles. The SMILES string of the molecule is O=C(C[C@H]1CC[C@@H](c2ccnc3[nH]ncc32)CC1)Nc1ccc(Cl)cc1. The first-order chi connectivity index (χ1) is 12.7. The Bertz CT molecular complexity index is 898. The van der Waals surface area contributed by atoms with Gasteiger partial charge in [-0.2, -0.15) is 5.10 Å². The Morgan fingerprint density at radius 3 is 2.69 bits per heavy atom. The van der Waals surface area contributed by atoms with Crippen molar-refractivity contribution in [2.45, 2.75) is 38.0 Å². The number of halogens is 1. The van der Waals surface area contributed by atoms with Gasteiger partial charge in [-0.15, -0.1) is 0 Å². The number of anilines is 1. The van der Waals surface area contributed by atoms with Crippen molar-refractivity contribution in [1.82, 2.24) is 15.2 Å². The number of carbonyl (C=O) groups is 1. The van der Waals surface area contributed by atoms with Crippen LogP contribution in [-0.4, -0.2) is 21.1 Å². The van der Waals surface area contributed by atoms with E-state index < -0.39 is 0 Å². The van der Waals surface area contributed by atoms with Gasteiger partial charge in [-0.05, 0) is 73.4 Å². The summed E-state index contributed by atoms with van der Waals surface area (Å²) in [6.07, 6.45) is 8.63. The Labute approximate surface area is 157 Å². The first-order valence-corrected chi connectivity index (χ1v) is 9.40. The Morgan fingerprint density at radius 1 is 1.15 bits per heavy atom. The number of hydrogen-bond acceptors (Lipinski definition) is 3. The van der Waals surface area contributed by atoms with E-state index in [0.29, 0.717) is 23.3 Å². The number of carbonyl (C=O) groups excluding carboxylic acids is 1. The molecule has 0 unspecified atom stereocenters. The number of nitrogens with one attached hydrogen (secondary N) is 2. The molecule has 0 bridgehead atoms. The summed E-state index contributed by atoms with van der Waals surface area (Å²) in [4.78, 5) is 16.6. The highest BCUT2D eigenvalue weighted by atomic mass is 35.5. The third kappa shape index (κ3) is 3.73. The molecule has 1 amide bonds. The minimum Gasteiger partial charge on any atom is -0.326 e. The molecule has 0 saturated heterocycles. The fraction of sp³-hybridized carbons (Fsp3) is 0.350. The minimum atomic E-state index is 0.0805. The van der Waals surface area contributed by atoms with Crippen LogP contribution < -0.4 is 5.32 Å². The maximum Gasteiger partial charge on any atom is 0.224 e. The van der Waals surface area contributed by atoms with Crippen LogP contribution in [0.25, 0.3) is 11.0 Å². The zero-order valence-electron chi connectivity index (χ0n) is 14.4. The van der Waals surface area contributed by atoms with Gasteiger partial charge in [-0.3, -0.25) is 9.89 Å². The summed E-state index contributed by atoms with van der Waals surface area (Å²) in [7, 11) is 0. The van der Waals surface area contributed by atoms with Crippen LogP contribution >= 0.6 is 11.6 Å². The lowest BCUT2D eigenvalue weighted by molar-refractivity contribution is -0.117. The average molecular weight is 369 g/mol. The summed E-state index contributed by atoms with van der Waals surface area (Å²) >= 11 is 5.87. The van der Waals surface area contributed by atoms with Crippen molar-refractivity contribution in [2.24, 2.45) is 5.92 Å². The van der Waals surface area contributed by atoms with Gasteiger partial charge in [0.1, 0.15) is 0 Å². The van der Waals surface area contributed by atoms with E-state index >= 15 is 0 Å². The van der Waals surface area contributed by atoms with Gasteiger partial charge in [0, 0.05) is 28.7 Å². The molecule has 1 aliphatic carbocycles. The molecule has 1 saturated carbocycles. The Balaban J connectivity index is 1.33. The lowest BCUT2D eigenvalue weighted by Gasteiger charge is -2.28. The van der Waals surface area contributed by atoms with Gasteiger partial charge in [0.15, 0.2) is 5.65 Å². The molecule has 26 heavy (non-hydrogen) atoms. The second kappa shape index (κ2) is 7.46. The maximum atomic E-state index is 12.3. The van der Waals surface area contributed by atoms with Crippen molar-refractivity contribution < 1.29 is 4.79 Å². The van der Waals surface area contributed by atoms with Crippen molar-refractivity contribution in [3.05, 3.63) is 53.3 Å². The van der Waals surface area contributed by atoms with Gasteiger partial charge < -0.3 is 5.32 Å². The predicted octanol–water partition coefficient (Wildman–Crippen LogP) is 4.91. The monoisotopic (exact) mass is 368 g/mol. The van der Waals surface area contributed by atoms with E-state index in [1.165, 1.54) is 5.56 Å². The van der Waals surface area contributed by atoms with Gasteiger partial charge in [0.05, 0.1) is 6.20 Å². The Kier molecular flexibility index (Phi) is 4.89. The lowest BCUT2D eigenvalue weighted by atomic mass is 9.77. The van der Waals surface area contributed by atoms with Crippen LogP contribution in [0, 0.1) is 5.92 Å². The van der Waals surface area contributed by atoms with Gasteiger partial charge in [-0.1, -0.05) is 11.6 Å². The summed E-state index contributed by atoms with van der Waals surface area (Å²) in [5.74, 6) is 1.05. The molecule has 2 heterocycles. The van der Waals surface area contributed by atoms with Crippen LogP contribution in [0.3, 0.4) is 0 Å². The third-order valence-corrected chi connectivity index (χ3v) is 5.53. The summed E-state index contributed by atoms with van der Waals surface area (Å²) in [6.45, 7) is 0. The van der Waals surface area contributed by atoms with Crippen LogP contribution in [0.2, 0.25) is 5.02 Å². The highest BCUT2D eigenvalue weighted by molar-refractivity contribution is 6.30. The molecule has 0 spiro atoms. The van der Waals surface area contributed by atoms with Crippen LogP contribution in [0.1, 0.15) is 43.6 Å². The fourth-order valence-electron chi connectivity index (χ4n) is 3.91. The van der Waals surface area contributed by atoms with Crippen LogP contribution in [0.15, 0.2) is 42.7 Å². The predicted molar refractivity (Wildman–Crippen MR) is 103 cm³/mol. The summed E-state index contributed by atoms with van der Waals surface area (Å²) in [6, 6.07) is 9.34. The molecule has 6 heteroatoms. The van der Waals surface area contributed by atoms with Gasteiger partial charge in [0.25, 0.3) is 0 Å². The van der Waals surface area contributed by atoms with Gasteiger partial charge in [0.2, 0.25) is 5.91 Å². The molecule has 0 atom stereocenters. The summed E-state index contributed by atoms with van der Waals surface area (Å²) in [5.41, 5.74) is 2.98. The molecule has 1 fully saturated rings. The number of aromatic nitrogens is 3. The number of hydrogen-bond donors (Lipinski definition) is 2. The first-order valence-electron chi connectivity index (χ1n) is 9.02. The van der Waals surface area contributed by atoms with Crippen LogP contribution in [0.4, 0.5) is 5.69 Å². The average Bonchev–Trinajstić information content (AvgIpc) is 3.13. The lowest BCUT2D eigenvalue weighted by Crippen LogP contribution is -2.20. The van der Waals surface area contributed by atoms with E-state index in [-0.39, 0.29) is 5.91 Å². The molecular weight excluding hydrogens is 348 g/mol. The molecule has 0 aliphatic heterocycles. The molecule has 3 aromatic rings. The highest BCUT2D eigenvalue weighted by Crippen LogP contribution is 2.39. The molecule has 1 aromatic carbocycles. The normalized spacial score (nSPS) is 20.2. The molecule has 4 rings (SSSR count). The Hall–Kier alpha value is -2.40. The minimum absolute atomic E-state index is 0.0805. The first kappa shape index (κ1) is 17.0. The molecular formula is C20H21ClN4O. The standard InChI is InChI=1S/C20H21ClN4O/c21-15-5-7-16(8-6-15)24-19(26)11-13-1-3-14(4-2-13)17-9-10-22-20-18(17)12-23-25-20/h5-10,12-14H,1-4,11H2,(H,24,26)(H,22,23,25)/t13-,14+. The van der Waals surface area contributed by atoms with Crippen molar-refractivity contribution in [2.75, 3.05) is 5.32 Å². The van der Waals surface area contributed by atoms with E-state index in [1.54, 1.807) is 12.1 Å². The van der Waals surface area contributed by atoms with Crippen molar-refractivity contribution >= 4 is 34.2 Å². The number of benzene rings is 1. The number of H-pyrrole nitrogens is 1. The number of rotatable bonds is 4. The Morgan fingerprint density at radius 2 is 1.92 bits per heavy atom. The zero-order chi connectivity index (χ0) is 17.9. The van der Waals surface area contributed by atoms with Gasteiger partial charge >= 0.3 is 0 Å². The third-order valence-electron chi connectivity index (χ3n) is 5.28. The molecule has 0 radical (unpaired) electrons. The maximum absolute atomic E-state index is 12.3. The van der Waals surface area contributed by atoms with E-state index in [0.717, 1.165) is 42.4 Å². The van der Waals surface area contributed by atoms with Crippen LogP contribution in [0.5, 0.6) is 0 Å². The number of nitrogens with zero attached hydrogens (tertiary/aromatic N) is 2. The topological polar surface area (TPSA) is 70.7 Å². The van der Waals surface area contributed by atoms with Crippen LogP contribution in [-0.2, 0) is 4.79 Å². The van der Waals surface area contributed by atoms with E-state index in [4.69, 9.17) is 11.6 Å². The van der Waals surface area contributed by atoms with E-state index in [1.807, 2.05) is 24.5 Å². The molecule has 5 nitrogen and oxygen atoms in total.